The first-order valence-corrected chi connectivity index (χ1v) is 10.5. The van der Waals surface area contributed by atoms with E-state index < -0.39 is 5.97 Å². The predicted molar refractivity (Wildman–Crippen MR) is 118 cm³/mol. The van der Waals surface area contributed by atoms with Gasteiger partial charge in [0.15, 0.2) is 0 Å². The fourth-order valence-electron chi connectivity index (χ4n) is 4.03. The average molecular weight is 418 g/mol. The molecule has 1 aliphatic heterocycles. The zero-order chi connectivity index (χ0) is 21.6. The van der Waals surface area contributed by atoms with Crippen molar-refractivity contribution >= 4 is 16.9 Å². The minimum atomic E-state index is -0.860. The van der Waals surface area contributed by atoms with E-state index in [0.29, 0.717) is 5.92 Å². The molecule has 2 N–H and O–H groups in total. The molecule has 160 valence electrons. The topological polar surface area (TPSA) is 84.4 Å². The Kier molecular flexibility index (Phi) is 6.54. The van der Waals surface area contributed by atoms with E-state index in [-0.39, 0.29) is 18.4 Å². The van der Waals surface area contributed by atoms with Crippen molar-refractivity contribution in [2.45, 2.75) is 38.2 Å². The quantitative estimate of drug-likeness (QED) is 0.519. The normalized spacial score (nSPS) is 17.6. The second-order valence-corrected chi connectivity index (χ2v) is 7.90. The highest BCUT2D eigenvalue weighted by Crippen LogP contribution is 2.33. The minimum absolute atomic E-state index is 0.0178. The summed E-state index contributed by atoms with van der Waals surface area (Å²) in [4.78, 5) is 11.2. The number of carboxylic acid groups (broad SMARTS) is 1. The molecular weight excluding hydrogens is 392 g/mol. The number of nitrogens with zero attached hydrogens (tertiary/aromatic N) is 1. The number of ether oxygens (including phenoxy) is 2. The first kappa shape index (κ1) is 21.0. The van der Waals surface area contributed by atoms with E-state index in [1.54, 1.807) is 6.92 Å². The first-order chi connectivity index (χ1) is 15.1. The van der Waals surface area contributed by atoms with Gasteiger partial charge in [0.25, 0.3) is 0 Å². The van der Waals surface area contributed by atoms with E-state index in [9.17, 15) is 4.79 Å². The fourth-order valence-corrected chi connectivity index (χ4v) is 4.03. The van der Waals surface area contributed by atoms with Crippen LogP contribution in [0.5, 0.6) is 5.75 Å². The summed E-state index contributed by atoms with van der Waals surface area (Å²) in [5, 5.41) is 17.3. The summed E-state index contributed by atoms with van der Waals surface area (Å²) in [5.74, 6) is 5.84. The molecule has 0 bridgehead atoms. The highest BCUT2D eigenvalue weighted by atomic mass is 16.5. The van der Waals surface area contributed by atoms with Crippen LogP contribution in [-0.4, -0.2) is 34.5 Å². The van der Waals surface area contributed by atoms with Crippen molar-refractivity contribution in [2.75, 3.05) is 13.2 Å². The van der Waals surface area contributed by atoms with Crippen molar-refractivity contribution < 1.29 is 19.4 Å². The van der Waals surface area contributed by atoms with E-state index >= 15 is 0 Å². The molecule has 31 heavy (non-hydrogen) atoms. The summed E-state index contributed by atoms with van der Waals surface area (Å²) in [5.41, 5.74) is 2.98. The summed E-state index contributed by atoms with van der Waals surface area (Å²) < 4.78 is 12.0. The Morgan fingerprint density at radius 2 is 2.10 bits per heavy atom. The van der Waals surface area contributed by atoms with Gasteiger partial charge in [-0.25, -0.2) is 0 Å². The van der Waals surface area contributed by atoms with Gasteiger partial charge in [0, 0.05) is 18.6 Å². The summed E-state index contributed by atoms with van der Waals surface area (Å²) in [6, 6.07) is 13.8. The van der Waals surface area contributed by atoms with Crippen LogP contribution in [0.1, 0.15) is 49.3 Å². The van der Waals surface area contributed by atoms with Gasteiger partial charge in [-0.1, -0.05) is 24.1 Å². The van der Waals surface area contributed by atoms with Gasteiger partial charge in [0.05, 0.1) is 24.1 Å². The molecule has 6 heteroatoms. The largest absolute Gasteiger partial charge is 0.486 e. The zero-order valence-corrected chi connectivity index (χ0v) is 17.5. The van der Waals surface area contributed by atoms with Crippen LogP contribution in [0.4, 0.5) is 0 Å². The third-order valence-electron chi connectivity index (χ3n) is 5.67. The Balaban J connectivity index is 1.55. The van der Waals surface area contributed by atoms with Crippen molar-refractivity contribution in [1.29, 1.82) is 0 Å². The molecule has 1 aromatic heterocycles. The van der Waals surface area contributed by atoms with E-state index in [4.69, 9.17) is 14.6 Å². The van der Waals surface area contributed by atoms with Crippen LogP contribution in [0.2, 0.25) is 0 Å². The van der Waals surface area contributed by atoms with Gasteiger partial charge >= 0.3 is 5.97 Å². The maximum atomic E-state index is 11.2. The molecule has 0 radical (unpaired) electrons. The SMILES string of the molecule is CC#CC(CC(=O)O)c1ccc(OC(CC2CCOC2)c2ccc3[nH]ncc3c2)cc1. The molecule has 3 unspecified atom stereocenters. The standard InChI is InChI=1S/C25H26N2O4/c1-2-3-19(14-25(28)29)18-4-7-22(8-5-18)31-24(12-17-10-11-30-16-17)20-6-9-23-21(13-20)15-26-27-23/h4-9,13,15,17,19,24H,10-12,14,16H2,1H3,(H,26,27)(H,28,29). The molecule has 3 aromatic rings. The lowest BCUT2D eigenvalue weighted by Crippen LogP contribution is -2.14. The van der Waals surface area contributed by atoms with Crippen LogP contribution in [0.3, 0.4) is 0 Å². The van der Waals surface area contributed by atoms with Crippen LogP contribution in [0, 0.1) is 17.8 Å². The van der Waals surface area contributed by atoms with Gasteiger partial charge in [0.1, 0.15) is 11.9 Å². The number of aromatic nitrogens is 2. The van der Waals surface area contributed by atoms with Gasteiger partial charge < -0.3 is 14.6 Å². The summed E-state index contributed by atoms with van der Waals surface area (Å²) >= 11 is 0. The first-order valence-electron chi connectivity index (χ1n) is 10.5. The van der Waals surface area contributed by atoms with Gasteiger partial charge in [0.2, 0.25) is 0 Å². The highest BCUT2D eigenvalue weighted by Gasteiger charge is 2.24. The van der Waals surface area contributed by atoms with Crippen LogP contribution in [0.25, 0.3) is 10.9 Å². The van der Waals surface area contributed by atoms with Crippen LogP contribution >= 0.6 is 0 Å². The van der Waals surface area contributed by atoms with Crippen LogP contribution < -0.4 is 4.74 Å². The molecular formula is C25H26N2O4. The lowest BCUT2D eigenvalue weighted by Gasteiger charge is -2.23. The number of rotatable bonds is 8. The molecule has 0 amide bonds. The second-order valence-electron chi connectivity index (χ2n) is 7.90. The number of fused-ring (bicyclic) bond motifs is 1. The van der Waals surface area contributed by atoms with E-state index in [2.05, 4.69) is 34.2 Å². The Bertz CT molecular complexity index is 1090. The summed E-state index contributed by atoms with van der Waals surface area (Å²) in [7, 11) is 0. The Labute approximate surface area is 181 Å². The Morgan fingerprint density at radius 1 is 1.29 bits per heavy atom. The molecule has 6 nitrogen and oxygen atoms in total. The Morgan fingerprint density at radius 3 is 2.81 bits per heavy atom. The number of aromatic amines is 1. The van der Waals surface area contributed by atoms with Gasteiger partial charge in [-0.15, -0.1) is 5.92 Å². The number of benzene rings is 2. The molecule has 0 aliphatic carbocycles. The molecule has 1 fully saturated rings. The minimum Gasteiger partial charge on any atom is -0.486 e. The van der Waals surface area contributed by atoms with E-state index in [1.165, 1.54) is 0 Å². The van der Waals surface area contributed by atoms with Crippen molar-refractivity contribution in [2.24, 2.45) is 5.92 Å². The Hall–Kier alpha value is -3.30. The molecule has 4 rings (SSSR count). The monoisotopic (exact) mass is 418 g/mol. The third-order valence-corrected chi connectivity index (χ3v) is 5.67. The molecule has 0 spiro atoms. The maximum absolute atomic E-state index is 11.2. The third kappa shape index (κ3) is 5.25. The lowest BCUT2D eigenvalue weighted by atomic mass is 9.95. The van der Waals surface area contributed by atoms with Crippen molar-refractivity contribution in [1.82, 2.24) is 10.2 Å². The molecule has 2 aromatic carbocycles. The fraction of sp³-hybridized carbons (Fsp3) is 0.360. The summed E-state index contributed by atoms with van der Waals surface area (Å²) in [6.45, 7) is 3.29. The predicted octanol–water partition coefficient (Wildman–Crippen LogP) is 4.69. The van der Waals surface area contributed by atoms with Crippen LogP contribution in [-0.2, 0) is 9.53 Å². The molecule has 0 saturated carbocycles. The number of nitrogens with one attached hydrogen (secondary N) is 1. The lowest BCUT2D eigenvalue weighted by molar-refractivity contribution is -0.137. The molecule has 1 saturated heterocycles. The number of carbonyl (C=O) groups is 1. The molecule has 1 aliphatic rings. The summed E-state index contributed by atoms with van der Waals surface area (Å²) in [6.07, 6.45) is 3.60. The molecule has 2 heterocycles. The number of H-pyrrole nitrogens is 1. The van der Waals surface area contributed by atoms with Crippen molar-refractivity contribution in [3.8, 4) is 17.6 Å². The number of aliphatic carboxylic acids is 1. The van der Waals surface area contributed by atoms with E-state index in [1.807, 2.05) is 36.5 Å². The number of hydrogen-bond donors (Lipinski definition) is 2. The average Bonchev–Trinajstić information content (AvgIpc) is 3.44. The van der Waals surface area contributed by atoms with Gasteiger partial charge in [-0.2, -0.15) is 5.10 Å². The zero-order valence-electron chi connectivity index (χ0n) is 17.5. The second kappa shape index (κ2) is 9.67. The van der Waals surface area contributed by atoms with Crippen LogP contribution in [0.15, 0.2) is 48.7 Å². The number of hydrogen-bond acceptors (Lipinski definition) is 4. The maximum Gasteiger partial charge on any atom is 0.304 e. The van der Waals surface area contributed by atoms with Crippen molar-refractivity contribution in [3.63, 3.8) is 0 Å². The van der Waals surface area contributed by atoms with Crippen molar-refractivity contribution in [3.05, 3.63) is 59.8 Å². The van der Waals surface area contributed by atoms with E-state index in [0.717, 1.165) is 53.8 Å². The molecule has 3 atom stereocenters. The number of carboxylic acids is 1. The smallest absolute Gasteiger partial charge is 0.304 e. The van der Waals surface area contributed by atoms with Gasteiger partial charge in [-0.3, -0.25) is 9.89 Å². The highest BCUT2D eigenvalue weighted by molar-refractivity contribution is 5.78. The van der Waals surface area contributed by atoms with Gasteiger partial charge in [-0.05, 0) is 61.1 Å².